The maximum absolute atomic E-state index is 13.2. The maximum Gasteiger partial charge on any atom is 0.255 e. The van der Waals surface area contributed by atoms with E-state index < -0.39 is 10.0 Å². The highest BCUT2D eigenvalue weighted by molar-refractivity contribution is 9.10. The average molecular weight is 605 g/mol. The maximum atomic E-state index is 13.2. The van der Waals surface area contributed by atoms with Gasteiger partial charge in [0.1, 0.15) is 0 Å². The summed E-state index contributed by atoms with van der Waals surface area (Å²) < 4.78 is 28.8. The molecule has 1 atom stereocenters. The third-order valence-corrected chi connectivity index (χ3v) is 9.01. The average Bonchev–Trinajstić information content (AvgIpc) is 2.90. The molecule has 37 heavy (non-hydrogen) atoms. The molecule has 4 rings (SSSR count). The molecule has 1 unspecified atom stereocenters. The molecule has 7 nitrogen and oxygen atoms in total. The van der Waals surface area contributed by atoms with E-state index in [1.807, 2.05) is 0 Å². The molecule has 1 fully saturated rings. The Morgan fingerprint density at radius 3 is 2.19 bits per heavy atom. The first-order valence-corrected chi connectivity index (χ1v) is 14.6. The van der Waals surface area contributed by atoms with Crippen LogP contribution in [-0.2, 0) is 10.0 Å². The molecule has 0 radical (unpaired) electrons. The Balaban J connectivity index is 1.31. The first kappa shape index (κ1) is 27.3. The summed E-state index contributed by atoms with van der Waals surface area (Å²) in [4.78, 5) is 25.3. The van der Waals surface area contributed by atoms with E-state index in [0.29, 0.717) is 41.3 Å². The van der Waals surface area contributed by atoms with Gasteiger partial charge in [0.15, 0.2) is 0 Å². The molecule has 1 saturated heterocycles. The van der Waals surface area contributed by atoms with Gasteiger partial charge in [0.05, 0.1) is 4.90 Å². The van der Waals surface area contributed by atoms with Crippen molar-refractivity contribution in [2.75, 3.05) is 18.4 Å². The number of nitrogens with zero attached hydrogens (tertiary/aromatic N) is 1. The third kappa shape index (κ3) is 6.98. The van der Waals surface area contributed by atoms with Crippen LogP contribution in [0.2, 0.25) is 5.02 Å². The van der Waals surface area contributed by atoms with Crippen LogP contribution in [0.5, 0.6) is 0 Å². The molecule has 194 valence electrons. The molecular formula is C27H27BrClN3O4S. The van der Waals surface area contributed by atoms with Crippen molar-refractivity contribution < 1.29 is 18.0 Å². The minimum atomic E-state index is -3.64. The SMILES string of the molecule is O=C(NCCC1CCCCN1S(=O)(=O)c1ccc(Cl)cc1)c1ccc(NC(=O)c2ccc(Br)cc2)cc1. The second-order valence-electron chi connectivity index (χ2n) is 8.80. The molecule has 0 aliphatic carbocycles. The molecule has 0 spiro atoms. The van der Waals surface area contributed by atoms with Crippen LogP contribution in [0.1, 0.15) is 46.4 Å². The van der Waals surface area contributed by atoms with Crippen LogP contribution in [0.3, 0.4) is 0 Å². The van der Waals surface area contributed by atoms with Crippen molar-refractivity contribution in [3.05, 3.63) is 93.4 Å². The van der Waals surface area contributed by atoms with Gasteiger partial charge in [-0.25, -0.2) is 8.42 Å². The fourth-order valence-electron chi connectivity index (χ4n) is 4.28. The van der Waals surface area contributed by atoms with Crippen molar-refractivity contribution in [3.63, 3.8) is 0 Å². The van der Waals surface area contributed by atoms with E-state index in [-0.39, 0.29) is 22.8 Å². The molecule has 1 heterocycles. The second-order valence-corrected chi connectivity index (χ2v) is 12.0. The Hall–Kier alpha value is -2.72. The van der Waals surface area contributed by atoms with Crippen molar-refractivity contribution in [3.8, 4) is 0 Å². The number of hydrogen-bond donors (Lipinski definition) is 2. The largest absolute Gasteiger partial charge is 0.352 e. The van der Waals surface area contributed by atoms with Crippen molar-refractivity contribution >= 4 is 55.1 Å². The minimum absolute atomic E-state index is 0.189. The van der Waals surface area contributed by atoms with Crippen LogP contribution in [-0.4, -0.2) is 43.7 Å². The van der Waals surface area contributed by atoms with E-state index in [0.717, 1.165) is 23.7 Å². The standard InChI is InChI=1S/C27H27BrClN3O4S/c28-21-8-4-20(5-9-21)27(34)31-23-12-6-19(7-13-23)26(33)30-17-16-24-3-1-2-18-32(24)37(35,36)25-14-10-22(29)11-15-25/h4-15,24H,1-3,16-18H2,(H,30,33)(H,31,34). The van der Waals surface area contributed by atoms with Gasteiger partial charge in [0.2, 0.25) is 10.0 Å². The molecule has 3 aromatic carbocycles. The molecule has 0 aromatic heterocycles. The summed E-state index contributed by atoms with van der Waals surface area (Å²) in [6.07, 6.45) is 3.01. The van der Waals surface area contributed by atoms with Gasteiger partial charge in [-0.15, -0.1) is 0 Å². The highest BCUT2D eigenvalue weighted by atomic mass is 79.9. The summed E-state index contributed by atoms with van der Waals surface area (Å²) in [6.45, 7) is 0.801. The topological polar surface area (TPSA) is 95.6 Å². The summed E-state index contributed by atoms with van der Waals surface area (Å²) in [5, 5.41) is 6.18. The van der Waals surface area contributed by atoms with Crippen molar-refractivity contribution in [2.24, 2.45) is 0 Å². The van der Waals surface area contributed by atoms with Crippen LogP contribution in [0.25, 0.3) is 0 Å². The number of rotatable bonds is 8. The second kappa shape index (κ2) is 12.2. The first-order chi connectivity index (χ1) is 17.7. The molecule has 1 aliphatic rings. The van der Waals surface area contributed by atoms with Crippen molar-refractivity contribution in [1.29, 1.82) is 0 Å². The van der Waals surface area contributed by atoms with E-state index in [9.17, 15) is 18.0 Å². The lowest BCUT2D eigenvalue weighted by atomic mass is 10.0. The van der Waals surface area contributed by atoms with E-state index >= 15 is 0 Å². The van der Waals surface area contributed by atoms with E-state index in [1.54, 1.807) is 65.0 Å². The zero-order chi connectivity index (χ0) is 26.4. The summed E-state index contributed by atoms with van der Waals surface area (Å²) in [5.41, 5.74) is 1.56. The Morgan fingerprint density at radius 2 is 1.51 bits per heavy atom. The number of piperidine rings is 1. The fourth-order valence-corrected chi connectivity index (χ4v) is 6.40. The summed E-state index contributed by atoms with van der Waals surface area (Å²) in [5.74, 6) is -0.496. The number of carbonyl (C=O) groups excluding carboxylic acids is 2. The monoisotopic (exact) mass is 603 g/mol. The lowest BCUT2D eigenvalue weighted by Crippen LogP contribution is -2.45. The number of anilines is 1. The summed E-state index contributed by atoms with van der Waals surface area (Å²) >= 11 is 9.26. The number of sulfonamides is 1. The number of benzene rings is 3. The molecule has 2 N–H and O–H groups in total. The first-order valence-electron chi connectivity index (χ1n) is 12.0. The molecule has 10 heteroatoms. The van der Waals surface area contributed by atoms with Gasteiger partial charge in [0, 0.05) is 45.4 Å². The van der Waals surface area contributed by atoms with Crippen LogP contribution in [0.15, 0.2) is 82.2 Å². The molecule has 2 amide bonds. The Kier molecular flexibility index (Phi) is 9.02. The van der Waals surface area contributed by atoms with Crippen LogP contribution < -0.4 is 10.6 Å². The van der Waals surface area contributed by atoms with E-state index in [4.69, 9.17) is 11.6 Å². The summed E-state index contributed by atoms with van der Waals surface area (Å²) in [6, 6.07) is 19.7. The Bertz CT molecular complexity index is 1350. The van der Waals surface area contributed by atoms with Crippen LogP contribution in [0.4, 0.5) is 5.69 Å². The molecule has 1 aliphatic heterocycles. The third-order valence-electron chi connectivity index (χ3n) is 6.27. The van der Waals surface area contributed by atoms with Crippen LogP contribution in [0, 0.1) is 0 Å². The zero-order valence-electron chi connectivity index (χ0n) is 20.0. The predicted octanol–water partition coefficient (Wildman–Crippen LogP) is 5.72. The number of nitrogens with one attached hydrogen (secondary N) is 2. The zero-order valence-corrected chi connectivity index (χ0v) is 23.2. The lowest BCUT2D eigenvalue weighted by molar-refractivity contribution is 0.0949. The smallest absolute Gasteiger partial charge is 0.255 e. The normalized spacial score (nSPS) is 16.2. The van der Waals surface area contributed by atoms with E-state index in [1.165, 1.54) is 12.1 Å². The lowest BCUT2D eigenvalue weighted by Gasteiger charge is -2.34. The number of hydrogen-bond acceptors (Lipinski definition) is 4. The Morgan fingerprint density at radius 1 is 0.892 bits per heavy atom. The van der Waals surface area contributed by atoms with Crippen molar-refractivity contribution in [1.82, 2.24) is 9.62 Å². The highest BCUT2D eigenvalue weighted by Crippen LogP contribution is 2.27. The molecular weight excluding hydrogens is 578 g/mol. The quantitative estimate of drug-likeness (QED) is 0.344. The van der Waals surface area contributed by atoms with Gasteiger partial charge >= 0.3 is 0 Å². The van der Waals surface area contributed by atoms with Gasteiger partial charge in [0.25, 0.3) is 11.8 Å². The molecule has 3 aromatic rings. The summed E-state index contributed by atoms with van der Waals surface area (Å²) in [7, 11) is -3.64. The number of amides is 2. The van der Waals surface area contributed by atoms with Gasteiger partial charge in [-0.1, -0.05) is 34.0 Å². The van der Waals surface area contributed by atoms with E-state index in [2.05, 4.69) is 26.6 Å². The van der Waals surface area contributed by atoms with Gasteiger partial charge in [-0.05, 0) is 92.1 Å². The van der Waals surface area contributed by atoms with Gasteiger partial charge < -0.3 is 10.6 Å². The van der Waals surface area contributed by atoms with Gasteiger partial charge in [-0.3, -0.25) is 9.59 Å². The number of halogens is 2. The number of carbonyl (C=O) groups is 2. The Labute approximate surface area is 230 Å². The van der Waals surface area contributed by atoms with Gasteiger partial charge in [-0.2, -0.15) is 4.31 Å². The minimum Gasteiger partial charge on any atom is -0.352 e. The van der Waals surface area contributed by atoms with Crippen molar-refractivity contribution in [2.45, 2.75) is 36.6 Å². The fraction of sp³-hybridized carbons (Fsp3) is 0.259. The van der Waals surface area contributed by atoms with Crippen LogP contribution >= 0.6 is 27.5 Å². The highest BCUT2D eigenvalue weighted by Gasteiger charge is 2.33. The molecule has 0 saturated carbocycles. The predicted molar refractivity (Wildman–Crippen MR) is 148 cm³/mol. The molecule has 0 bridgehead atoms.